The molecular formula is C20H32N2O2. The Hall–Kier alpha value is -2.07. The Morgan fingerprint density at radius 3 is 2.29 bits per heavy atom. The fourth-order valence-corrected chi connectivity index (χ4v) is 2.42. The monoisotopic (exact) mass is 332 g/mol. The molecule has 1 aromatic carbocycles. The summed E-state index contributed by atoms with van der Waals surface area (Å²) in [6.45, 7) is 13.6. The first-order chi connectivity index (χ1) is 11.4. The van der Waals surface area contributed by atoms with E-state index in [1.807, 2.05) is 38.1 Å². The number of nitrogen functional groups attached to an aromatic ring is 1. The topological polar surface area (TPSA) is 64.3 Å². The van der Waals surface area contributed by atoms with Gasteiger partial charge in [-0.3, -0.25) is 0 Å². The van der Waals surface area contributed by atoms with Crippen molar-refractivity contribution in [3.05, 3.63) is 54.6 Å². The molecule has 0 radical (unpaired) electrons. The number of ether oxygens (including phenoxy) is 1. The first kappa shape index (κ1) is 21.9. The molecule has 0 fully saturated rings. The molecule has 0 saturated carbocycles. The van der Waals surface area contributed by atoms with Crippen molar-refractivity contribution < 1.29 is 9.53 Å². The van der Waals surface area contributed by atoms with Gasteiger partial charge in [-0.2, -0.15) is 0 Å². The smallest absolute Gasteiger partial charge is 0.330 e. The number of carbonyl (C=O) groups is 1. The number of nitrogens with two attached hydrogens (primary N) is 1. The van der Waals surface area contributed by atoms with Crippen molar-refractivity contribution in [3.63, 3.8) is 0 Å². The largest absolute Gasteiger partial charge is 0.464 e. The first-order valence-corrected chi connectivity index (χ1v) is 8.37. The van der Waals surface area contributed by atoms with Crippen LogP contribution in [-0.4, -0.2) is 25.2 Å². The standard InChI is InChI=1S/C17H26N2O2.C3H6/c1-5-7-13(3)17(19-4,16(20)21-6-2)12-14-8-10-15(18)11-9-14;1-3-2/h8-11,19H,3,5-7,12,18H2,1-2,4H3;3H,1H2,2H3. The molecule has 0 spiro atoms. The van der Waals surface area contributed by atoms with E-state index < -0.39 is 5.54 Å². The van der Waals surface area contributed by atoms with Gasteiger partial charge in [0.2, 0.25) is 0 Å². The Kier molecular flexibility index (Phi) is 10.5. The molecule has 4 heteroatoms. The highest BCUT2D eigenvalue weighted by atomic mass is 16.5. The predicted molar refractivity (Wildman–Crippen MR) is 103 cm³/mol. The second kappa shape index (κ2) is 11.5. The van der Waals surface area contributed by atoms with Gasteiger partial charge in [0.15, 0.2) is 0 Å². The van der Waals surface area contributed by atoms with Gasteiger partial charge in [-0.15, -0.1) is 6.58 Å². The summed E-state index contributed by atoms with van der Waals surface area (Å²) in [6.07, 6.45) is 3.96. The molecule has 3 N–H and O–H groups in total. The molecule has 24 heavy (non-hydrogen) atoms. The Balaban J connectivity index is 0.00000163. The molecule has 1 unspecified atom stereocenters. The van der Waals surface area contributed by atoms with Crippen molar-refractivity contribution in [2.75, 3.05) is 19.4 Å². The number of nitrogens with one attached hydrogen (secondary N) is 1. The summed E-state index contributed by atoms with van der Waals surface area (Å²) in [5.74, 6) is -0.275. The average molecular weight is 332 g/mol. The summed E-state index contributed by atoms with van der Waals surface area (Å²) in [7, 11) is 1.77. The van der Waals surface area contributed by atoms with Gasteiger partial charge in [-0.05, 0) is 50.6 Å². The SMILES string of the molecule is C=C(CCC)C(Cc1ccc(N)cc1)(NC)C(=O)OCC.C=CC. The molecule has 134 valence electrons. The van der Waals surface area contributed by atoms with Gasteiger partial charge >= 0.3 is 5.97 Å². The van der Waals surface area contributed by atoms with E-state index in [1.54, 1.807) is 13.1 Å². The van der Waals surface area contributed by atoms with E-state index in [1.165, 1.54) is 0 Å². The lowest BCUT2D eigenvalue weighted by Gasteiger charge is -2.33. The number of anilines is 1. The maximum Gasteiger partial charge on any atom is 0.330 e. The van der Waals surface area contributed by atoms with Gasteiger partial charge in [-0.1, -0.05) is 38.1 Å². The molecule has 0 aromatic heterocycles. The summed E-state index contributed by atoms with van der Waals surface area (Å²) < 4.78 is 5.27. The third-order valence-corrected chi connectivity index (χ3v) is 3.66. The van der Waals surface area contributed by atoms with E-state index in [4.69, 9.17) is 10.5 Å². The third kappa shape index (κ3) is 6.20. The Morgan fingerprint density at radius 1 is 1.33 bits per heavy atom. The van der Waals surface area contributed by atoms with Crippen LogP contribution in [0.2, 0.25) is 0 Å². The van der Waals surface area contributed by atoms with E-state index >= 15 is 0 Å². The van der Waals surface area contributed by atoms with Crippen molar-refractivity contribution in [2.24, 2.45) is 0 Å². The molecule has 0 aliphatic rings. The molecule has 1 aromatic rings. The molecule has 1 rings (SSSR count). The van der Waals surface area contributed by atoms with Crippen LogP contribution in [0.4, 0.5) is 5.69 Å². The van der Waals surface area contributed by atoms with Crippen molar-refractivity contribution in [2.45, 2.75) is 45.6 Å². The number of benzene rings is 1. The number of hydrogen-bond acceptors (Lipinski definition) is 4. The average Bonchev–Trinajstić information content (AvgIpc) is 2.55. The maximum atomic E-state index is 12.5. The third-order valence-electron chi connectivity index (χ3n) is 3.66. The van der Waals surface area contributed by atoms with E-state index in [0.717, 1.165) is 24.0 Å². The Bertz CT molecular complexity index is 503. The van der Waals surface area contributed by atoms with Gasteiger partial charge in [0, 0.05) is 12.1 Å². The van der Waals surface area contributed by atoms with Crippen LogP contribution in [0.25, 0.3) is 0 Å². The van der Waals surface area contributed by atoms with Gasteiger partial charge in [-0.25, -0.2) is 4.79 Å². The fourth-order valence-electron chi connectivity index (χ4n) is 2.42. The zero-order chi connectivity index (χ0) is 18.6. The van der Waals surface area contributed by atoms with Gasteiger partial charge < -0.3 is 15.8 Å². The van der Waals surface area contributed by atoms with E-state index in [2.05, 4.69) is 25.4 Å². The fraction of sp³-hybridized carbons (Fsp3) is 0.450. The molecule has 1 atom stereocenters. The van der Waals surface area contributed by atoms with Crippen LogP contribution >= 0.6 is 0 Å². The quantitative estimate of drug-likeness (QED) is 0.431. The summed E-state index contributed by atoms with van der Waals surface area (Å²) in [4.78, 5) is 12.5. The molecular weight excluding hydrogens is 300 g/mol. The normalized spacial score (nSPS) is 12.3. The van der Waals surface area contributed by atoms with Crippen LogP contribution in [0.15, 0.2) is 49.1 Å². The van der Waals surface area contributed by atoms with Crippen LogP contribution in [0.3, 0.4) is 0 Å². The summed E-state index contributed by atoms with van der Waals surface area (Å²) >= 11 is 0. The lowest BCUT2D eigenvalue weighted by atomic mass is 9.82. The lowest BCUT2D eigenvalue weighted by Crippen LogP contribution is -2.54. The second-order valence-corrected chi connectivity index (χ2v) is 5.56. The highest BCUT2D eigenvalue weighted by molar-refractivity contribution is 5.85. The van der Waals surface area contributed by atoms with Crippen LogP contribution in [0.1, 0.15) is 39.2 Å². The zero-order valence-electron chi connectivity index (χ0n) is 15.5. The molecule has 0 heterocycles. The minimum Gasteiger partial charge on any atom is -0.464 e. The first-order valence-electron chi connectivity index (χ1n) is 8.37. The van der Waals surface area contributed by atoms with Gasteiger partial charge in [0.1, 0.15) is 5.54 Å². The minimum atomic E-state index is -0.887. The number of hydrogen-bond donors (Lipinski definition) is 2. The van der Waals surface area contributed by atoms with E-state index in [9.17, 15) is 4.79 Å². The highest BCUT2D eigenvalue weighted by Gasteiger charge is 2.40. The number of likely N-dealkylation sites (N-methyl/N-ethyl adjacent to an activating group) is 1. The number of allylic oxidation sites excluding steroid dienone is 1. The van der Waals surface area contributed by atoms with E-state index in [-0.39, 0.29) is 5.97 Å². The molecule has 0 aliphatic heterocycles. The molecule has 0 amide bonds. The second-order valence-electron chi connectivity index (χ2n) is 5.56. The van der Waals surface area contributed by atoms with E-state index in [0.29, 0.717) is 18.7 Å². The van der Waals surface area contributed by atoms with Crippen LogP contribution in [0, 0.1) is 0 Å². The summed E-state index contributed by atoms with van der Waals surface area (Å²) in [5, 5.41) is 3.14. The number of rotatable bonds is 8. The van der Waals surface area contributed by atoms with Crippen LogP contribution < -0.4 is 11.1 Å². The van der Waals surface area contributed by atoms with Crippen molar-refractivity contribution in [1.82, 2.24) is 5.32 Å². The highest BCUT2D eigenvalue weighted by Crippen LogP contribution is 2.26. The van der Waals surface area contributed by atoms with Crippen molar-refractivity contribution in [3.8, 4) is 0 Å². The lowest BCUT2D eigenvalue weighted by molar-refractivity contribution is -0.149. The van der Waals surface area contributed by atoms with Gasteiger partial charge in [0.05, 0.1) is 6.61 Å². The zero-order valence-corrected chi connectivity index (χ0v) is 15.5. The summed E-state index contributed by atoms with van der Waals surface area (Å²) in [6, 6.07) is 7.53. The predicted octanol–water partition coefficient (Wildman–Crippen LogP) is 3.88. The van der Waals surface area contributed by atoms with Gasteiger partial charge in [0.25, 0.3) is 0 Å². The minimum absolute atomic E-state index is 0.275. The van der Waals surface area contributed by atoms with Crippen LogP contribution in [-0.2, 0) is 16.0 Å². The number of esters is 1. The van der Waals surface area contributed by atoms with Crippen LogP contribution in [0.5, 0.6) is 0 Å². The van der Waals surface area contributed by atoms with Crippen molar-refractivity contribution >= 4 is 11.7 Å². The molecule has 0 bridgehead atoms. The Labute approximate surface area is 146 Å². The molecule has 0 saturated heterocycles. The summed E-state index contributed by atoms with van der Waals surface area (Å²) in [5.41, 5.74) is 7.40. The Morgan fingerprint density at radius 2 is 1.88 bits per heavy atom. The maximum absolute atomic E-state index is 12.5. The van der Waals surface area contributed by atoms with Crippen molar-refractivity contribution in [1.29, 1.82) is 0 Å². The molecule has 0 aliphatic carbocycles. The number of carbonyl (C=O) groups excluding carboxylic acids is 1. The molecule has 4 nitrogen and oxygen atoms in total.